The van der Waals surface area contributed by atoms with Crippen LogP contribution in [0.4, 0.5) is 0 Å². The number of para-hydroxylation sites is 1. The first-order valence-corrected chi connectivity index (χ1v) is 13.6. The Bertz CT molecular complexity index is 1260. The van der Waals surface area contributed by atoms with Gasteiger partial charge in [-0.3, -0.25) is 24.0 Å². The zero-order chi connectivity index (χ0) is 31.2. The van der Waals surface area contributed by atoms with E-state index in [0.717, 1.165) is 16.5 Å². The number of aromatic amines is 1. The third kappa shape index (κ3) is 10.8. The second-order valence-electron chi connectivity index (χ2n) is 9.91. The zero-order valence-corrected chi connectivity index (χ0v) is 23.1. The average Bonchev–Trinajstić information content (AvgIpc) is 3.34. The highest BCUT2D eigenvalue weighted by atomic mass is 16.4. The van der Waals surface area contributed by atoms with Crippen LogP contribution >= 0.6 is 0 Å². The number of hydrogen-bond acceptors (Lipinski definition) is 8. The Labute approximate surface area is 241 Å². The number of unbranched alkanes of at least 4 members (excludes halogenated alkanes) is 1. The van der Waals surface area contributed by atoms with Crippen molar-refractivity contribution in [1.29, 1.82) is 0 Å². The summed E-state index contributed by atoms with van der Waals surface area (Å²) in [6, 6.07) is 2.43. The summed E-state index contributed by atoms with van der Waals surface area (Å²) in [5.74, 6) is -5.81. The number of rotatable bonds is 19. The molecule has 4 atom stereocenters. The van der Waals surface area contributed by atoms with Gasteiger partial charge in [0.05, 0.1) is 6.04 Å². The topological polar surface area (TPSA) is 273 Å². The zero-order valence-electron chi connectivity index (χ0n) is 23.1. The summed E-state index contributed by atoms with van der Waals surface area (Å²) >= 11 is 0. The van der Waals surface area contributed by atoms with Crippen LogP contribution in [0.1, 0.15) is 50.5 Å². The third-order valence-corrected chi connectivity index (χ3v) is 6.61. The van der Waals surface area contributed by atoms with Gasteiger partial charge in [0, 0.05) is 29.9 Å². The molecule has 0 aliphatic rings. The lowest BCUT2D eigenvalue weighted by atomic mass is 10.0. The minimum atomic E-state index is -1.55. The van der Waals surface area contributed by atoms with E-state index in [2.05, 4.69) is 20.9 Å². The van der Waals surface area contributed by atoms with Crippen molar-refractivity contribution in [3.05, 3.63) is 36.0 Å². The van der Waals surface area contributed by atoms with Crippen molar-refractivity contribution in [2.75, 3.05) is 6.54 Å². The van der Waals surface area contributed by atoms with Crippen molar-refractivity contribution in [2.24, 2.45) is 17.2 Å². The fourth-order valence-electron chi connectivity index (χ4n) is 4.30. The summed E-state index contributed by atoms with van der Waals surface area (Å²) in [5.41, 5.74) is 18.6. The highest BCUT2D eigenvalue weighted by Crippen LogP contribution is 2.19. The number of amides is 4. The van der Waals surface area contributed by atoms with E-state index >= 15 is 0 Å². The van der Waals surface area contributed by atoms with Crippen LogP contribution in [0.5, 0.6) is 0 Å². The molecule has 42 heavy (non-hydrogen) atoms. The van der Waals surface area contributed by atoms with Gasteiger partial charge in [0.25, 0.3) is 0 Å². The Morgan fingerprint density at radius 3 is 2.02 bits per heavy atom. The van der Waals surface area contributed by atoms with Gasteiger partial charge in [0.2, 0.25) is 23.6 Å². The molecule has 2 rings (SSSR count). The van der Waals surface area contributed by atoms with Crippen LogP contribution in [0.25, 0.3) is 10.9 Å². The summed E-state index contributed by atoms with van der Waals surface area (Å²) in [4.78, 5) is 76.2. The van der Waals surface area contributed by atoms with E-state index in [1.807, 2.05) is 24.3 Å². The van der Waals surface area contributed by atoms with Gasteiger partial charge < -0.3 is 48.3 Å². The van der Waals surface area contributed by atoms with E-state index in [1.165, 1.54) is 0 Å². The molecule has 4 amide bonds. The second kappa shape index (κ2) is 16.7. The first kappa shape index (κ1) is 33.7. The lowest BCUT2D eigenvalue weighted by molar-refractivity contribution is -0.143. The van der Waals surface area contributed by atoms with Crippen molar-refractivity contribution >= 4 is 46.5 Å². The van der Waals surface area contributed by atoms with E-state index in [0.29, 0.717) is 19.4 Å². The predicted octanol–water partition coefficient (Wildman–Crippen LogP) is -1.16. The molecule has 4 unspecified atom stereocenters. The molecule has 0 bridgehead atoms. The Kier molecular flexibility index (Phi) is 13.4. The molecular weight excluding hydrogens is 550 g/mol. The molecule has 0 saturated carbocycles. The maximum absolute atomic E-state index is 13.3. The molecule has 0 saturated heterocycles. The second-order valence-corrected chi connectivity index (χ2v) is 9.91. The third-order valence-electron chi connectivity index (χ3n) is 6.61. The summed E-state index contributed by atoms with van der Waals surface area (Å²) in [6.07, 6.45) is 1.61. The van der Waals surface area contributed by atoms with Crippen molar-refractivity contribution < 1.29 is 39.0 Å². The number of hydrogen-bond donors (Lipinski definition) is 9. The molecule has 1 aromatic carbocycles. The van der Waals surface area contributed by atoms with Gasteiger partial charge in [-0.2, -0.15) is 0 Å². The molecule has 230 valence electrons. The SMILES string of the molecule is NCCCCC(NC(=O)C(N)Cc1c[nH]c2ccccc12)C(=O)NC(CCC(N)=O)C(=O)NC(CCC(=O)O)C(=O)O. The summed E-state index contributed by atoms with van der Waals surface area (Å²) < 4.78 is 0. The Morgan fingerprint density at radius 2 is 1.40 bits per heavy atom. The van der Waals surface area contributed by atoms with Crippen LogP contribution < -0.4 is 33.2 Å². The lowest BCUT2D eigenvalue weighted by Crippen LogP contribution is -2.57. The molecule has 1 aromatic heterocycles. The fraction of sp³-hybridized carbons (Fsp3) is 0.481. The fourth-order valence-corrected chi connectivity index (χ4v) is 4.30. The van der Waals surface area contributed by atoms with E-state index in [4.69, 9.17) is 22.3 Å². The minimum absolute atomic E-state index is 0.162. The first-order chi connectivity index (χ1) is 19.9. The van der Waals surface area contributed by atoms with Crippen LogP contribution in [0.3, 0.4) is 0 Å². The van der Waals surface area contributed by atoms with E-state index < -0.39 is 72.6 Å². The van der Waals surface area contributed by atoms with E-state index in [9.17, 15) is 33.9 Å². The van der Waals surface area contributed by atoms with Gasteiger partial charge in [0.15, 0.2) is 0 Å². The Balaban J connectivity index is 2.15. The van der Waals surface area contributed by atoms with E-state index in [1.54, 1.807) is 6.20 Å². The highest BCUT2D eigenvalue weighted by molar-refractivity contribution is 5.94. The number of aromatic nitrogens is 1. The monoisotopic (exact) mass is 589 g/mol. The van der Waals surface area contributed by atoms with Gasteiger partial charge in [-0.1, -0.05) is 18.2 Å². The molecule has 12 N–H and O–H groups in total. The molecular formula is C27H39N7O8. The molecule has 0 spiro atoms. The van der Waals surface area contributed by atoms with Gasteiger partial charge in [-0.05, 0) is 56.7 Å². The largest absolute Gasteiger partial charge is 0.481 e. The van der Waals surface area contributed by atoms with Crippen LogP contribution in [0.15, 0.2) is 30.5 Å². The van der Waals surface area contributed by atoms with Gasteiger partial charge >= 0.3 is 11.9 Å². The summed E-state index contributed by atoms with van der Waals surface area (Å²) in [5, 5.41) is 26.4. The first-order valence-electron chi connectivity index (χ1n) is 13.6. The number of aliphatic carboxylic acids is 2. The molecule has 0 fully saturated rings. The maximum atomic E-state index is 13.3. The standard InChI is InChI=1S/C27H39N7O8/c28-12-4-3-7-19(32-24(38)17(29)13-15-14-31-18-6-2-1-5-16(15)18)25(39)33-20(8-10-22(30)35)26(40)34-21(27(41)42)9-11-23(36)37/h1-2,5-6,14,17,19-21,31H,3-4,7-13,28-29H2,(H2,30,35)(H,32,38)(H,33,39)(H,34,40)(H,36,37)(H,41,42). The molecule has 1 heterocycles. The number of nitrogens with one attached hydrogen (secondary N) is 4. The van der Waals surface area contributed by atoms with Gasteiger partial charge in [0.1, 0.15) is 18.1 Å². The molecule has 0 aliphatic heterocycles. The van der Waals surface area contributed by atoms with Crippen LogP contribution in [-0.4, -0.2) is 81.5 Å². The predicted molar refractivity (Wildman–Crippen MR) is 152 cm³/mol. The van der Waals surface area contributed by atoms with Crippen LogP contribution in [-0.2, 0) is 35.2 Å². The molecule has 0 radical (unpaired) electrons. The van der Waals surface area contributed by atoms with Crippen LogP contribution in [0, 0.1) is 0 Å². The number of H-pyrrole nitrogens is 1. The maximum Gasteiger partial charge on any atom is 0.326 e. The minimum Gasteiger partial charge on any atom is -0.481 e. The van der Waals surface area contributed by atoms with Crippen LogP contribution in [0.2, 0.25) is 0 Å². The van der Waals surface area contributed by atoms with E-state index in [-0.39, 0.29) is 25.7 Å². The van der Waals surface area contributed by atoms with Crippen molar-refractivity contribution in [2.45, 2.75) is 75.5 Å². The Morgan fingerprint density at radius 1 is 0.810 bits per heavy atom. The van der Waals surface area contributed by atoms with Crippen molar-refractivity contribution in [1.82, 2.24) is 20.9 Å². The van der Waals surface area contributed by atoms with Crippen molar-refractivity contribution in [3.63, 3.8) is 0 Å². The van der Waals surface area contributed by atoms with Gasteiger partial charge in [-0.25, -0.2) is 4.79 Å². The van der Waals surface area contributed by atoms with Crippen molar-refractivity contribution in [3.8, 4) is 0 Å². The molecule has 15 heteroatoms. The lowest BCUT2D eigenvalue weighted by Gasteiger charge is -2.25. The summed E-state index contributed by atoms with van der Waals surface area (Å²) in [6.45, 7) is 0.346. The molecule has 0 aliphatic carbocycles. The smallest absolute Gasteiger partial charge is 0.326 e. The quantitative estimate of drug-likeness (QED) is 0.0886. The van der Waals surface area contributed by atoms with Gasteiger partial charge in [-0.15, -0.1) is 0 Å². The number of fused-ring (bicyclic) bond motifs is 1. The number of carboxylic acids is 2. The Hall–Kier alpha value is -4.50. The summed E-state index contributed by atoms with van der Waals surface area (Å²) in [7, 11) is 0. The number of benzene rings is 1. The normalized spacial score (nSPS) is 13.9. The number of carboxylic acid groups (broad SMARTS) is 2. The number of carbonyl (C=O) groups is 6. The molecule has 15 nitrogen and oxygen atoms in total. The highest BCUT2D eigenvalue weighted by Gasteiger charge is 2.30. The number of carbonyl (C=O) groups excluding carboxylic acids is 4. The number of nitrogens with two attached hydrogens (primary N) is 3. The molecule has 2 aromatic rings. The number of primary amides is 1. The average molecular weight is 590 g/mol.